The lowest BCUT2D eigenvalue weighted by atomic mass is 10.0. The van der Waals surface area contributed by atoms with Crippen LogP contribution in [0.4, 0.5) is 0 Å². The largest absolute Gasteiger partial charge is 0.424 e. The number of likely N-dealkylation sites (tertiary alicyclic amines) is 1. The molecule has 25 heavy (non-hydrogen) atoms. The number of hydrogen-bond acceptors (Lipinski definition) is 5. The zero-order valence-corrected chi connectivity index (χ0v) is 15.0. The number of piperidine rings is 1. The Morgan fingerprint density at radius 1 is 1.04 bits per heavy atom. The molecule has 0 radical (unpaired) electrons. The van der Waals surface area contributed by atoms with Crippen molar-refractivity contribution in [3.05, 3.63) is 41.9 Å². The van der Waals surface area contributed by atoms with Gasteiger partial charge in [0.15, 0.2) is 0 Å². The standard InChI is InChI=1S/C19H25N5O/c1-3-17-20-15-7-5-6-8-16(15)24(17)14-9-11-23(12-10-14)13-19-22-21-18(4-2)25-19/h5-8,14H,3-4,9-13H2,1-2H3. The fourth-order valence-corrected chi connectivity index (χ4v) is 3.77. The second-order valence-electron chi connectivity index (χ2n) is 6.69. The fourth-order valence-electron chi connectivity index (χ4n) is 3.77. The lowest BCUT2D eigenvalue weighted by Gasteiger charge is -2.32. The first-order valence-corrected chi connectivity index (χ1v) is 9.28. The van der Waals surface area contributed by atoms with Gasteiger partial charge in [-0.3, -0.25) is 4.90 Å². The Hall–Kier alpha value is -2.21. The van der Waals surface area contributed by atoms with E-state index in [4.69, 9.17) is 9.40 Å². The third kappa shape index (κ3) is 3.18. The SMILES string of the molecule is CCc1nnc(CN2CCC(n3c(CC)nc4ccccc43)CC2)o1. The number of para-hydroxylation sites is 2. The quantitative estimate of drug-likeness (QED) is 0.713. The smallest absolute Gasteiger partial charge is 0.230 e. The normalized spacial score (nSPS) is 16.7. The van der Waals surface area contributed by atoms with Crippen LogP contribution in [-0.2, 0) is 19.4 Å². The maximum atomic E-state index is 5.65. The van der Waals surface area contributed by atoms with E-state index in [9.17, 15) is 0 Å². The molecule has 132 valence electrons. The molecule has 0 atom stereocenters. The van der Waals surface area contributed by atoms with Crippen LogP contribution in [0.15, 0.2) is 28.7 Å². The molecule has 3 aromatic rings. The van der Waals surface area contributed by atoms with Crippen molar-refractivity contribution < 1.29 is 4.42 Å². The van der Waals surface area contributed by atoms with Gasteiger partial charge < -0.3 is 8.98 Å². The van der Waals surface area contributed by atoms with Crippen LogP contribution in [0, 0.1) is 0 Å². The first-order valence-electron chi connectivity index (χ1n) is 9.28. The summed E-state index contributed by atoms with van der Waals surface area (Å²) < 4.78 is 8.12. The number of aryl methyl sites for hydroxylation is 2. The summed E-state index contributed by atoms with van der Waals surface area (Å²) in [7, 11) is 0. The summed E-state index contributed by atoms with van der Waals surface area (Å²) in [5, 5.41) is 8.20. The molecule has 6 heteroatoms. The van der Waals surface area contributed by atoms with E-state index in [0.29, 0.717) is 6.04 Å². The highest BCUT2D eigenvalue weighted by Gasteiger charge is 2.24. The molecule has 4 rings (SSSR count). The molecule has 0 N–H and O–H groups in total. The minimum absolute atomic E-state index is 0.521. The minimum Gasteiger partial charge on any atom is -0.424 e. The van der Waals surface area contributed by atoms with E-state index in [-0.39, 0.29) is 0 Å². The molecule has 1 aliphatic rings. The summed E-state index contributed by atoms with van der Waals surface area (Å²) in [5.41, 5.74) is 2.38. The van der Waals surface area contributed by atoms with Crippen LogP contribution in [0.25, 0.3) is 11.0 Å². The van der Waals surface area contributed by atoms with Crippen molar-refractivity contribution in [3.63, 3.8) is 0 Å². The van der Waals surface area contributed by atoms with Gasteiger partial charge in [0.25, 0.3) is 0 Å². The van der Waals surface area contributed by atoms with Crippen molar-refractivity contribution in [1.29, 1.82) is 0 Å². The molecule has 0 spiro atoms. The van der Waals surface area contributed by atoms with E-state index in [1.165, 1.54) is 11.3 Å². The Kier molecular flexibility index (Phi) is 4.53. The fraction of sp³-hybridized carbons (Fsp3) is 0.526. The van der Waals surface area contributed by atoms with E-state index in [2.05, 4.69) is 50.9 Å². The number of imidazole rings is 1. The molecule has 0 unspecified atom stereocenters. The van der Waals surface area contributed by atoms with E-state index in [0.717, 1.165) is 62.6 Å². The van der Waals surface area contributed by atoms with Gasteiger partial charge >= 0.3 is 0 Å². The van der Waals surface area contributed by atoms with Gasteiger partial charge in [-0.05, 0) is 25.0 Å². The molecule has 6 nitrogen and oxygen atoms in total. The predicted octanol–water partition coefficient (Wildman–Crippen LogP) is 3.38. The van der Waals surface area contributed by atoms with Crippen LogP contribution < -0.4 is 0 Å². The van der Waals surface area contributed by atoms with E-state index in [1.54, 1.807) is 0 Å². The Morgan fingerprint density at radius 3 is 2.52 bits per heavy atom. The zero-order chi connectivity index (χ0) is 17.2. The Balaban J connectivity index is 1.47. The summed E-state index contributed by atoms with van der Waals surface area (Å²) in [6.07, 6.45) is 4.02. The third-order valence-electron chi connectivity index (χ3n) is 5.08. The predicted molar refractivity (Wildman–Crippen MR) is 96.3 cm³/mol. The van der Waals surface area contributed by atoms with Gasteiger partial charge in [0.1, 0.15) is 5.82 Å². The average molecular weight is 339 g/mol. The zero-order valence-electron chi connectivity index (χ0n) is 15.0. The van der Waals surface area contributed by atoms with Crippen molar-refractivity contribution in [2.24, 2.45) is 0 Å². The maximum absolute atomic E-state index is 5.65. The van der Waals surface area contributed by atoms with Gasteiger partial charge in [0.2, 0.25) is 11.8 Å². The van der Waals surface area contributed by atoms with E-state index >= 15 is 0 Å². The van der Waals surface area contributed by atoms with Crippen molar-refractivity contribution in [2.45, 2.75) is 52.1 Å². The van der Waals surface area contributed by atoms with Crippen LogP contribution in [-0.4, -0.2) is 37.7 Å². The molecule has 3 heterocycles. The monoisotopic (exact) mass is 339 g/mol. The van der Waals surface area contributed by atoms with Crippen LogP contribution in [0.2, 0.25) is 0 Å². The topological polar surface area (TPSA) is 60.0 Å². The second kappa shape index (κ2) is 6.96. The number of hydrogen-bond donors (Lipinski definition) is 0. The molecule has 1 saturated heterocycles. The summed E-state index contributed by atoms with van der Waals surface area (Å²) in [6, 6.07) is 9.00. The van der Waals surface area contributed by atoms with Gasteiger partial charge in [-0.25, -0.2) is 4.98 Å². The maximum Gasteiger partial charge on any atom is 0.230 e. The summed E-state index contributed by atoms with van der Waals surface area (Å²) in [6.45, 7) is 7.07. The molecule has 0 bridgehead atoms. The van der Waals surface area contributed by atoms with Gasteiger partial charge in [-0.2, -0.15) is 0 Å². The summed E-state index contributed by atoms with van der Waals surface area (Å²) >= 11 is 0. The third-order valence-corrected chi connectivity index (χ3v) is 5.08. The molecular weight excluding hydrogens is 314 g/mol. The molecule has 0 saturated carbocycles. The van der Waals surface area contributed by atoms with Crippen molar-refractivity contribution >= 4 is 11.0 Å². The molecule has 1 fully saturated rings. The highest BCUT2D eigenvalue weighted by atomic mass is 16.4. The number of nitrogens with zero attached hydrogens (tertiary/aromatic N) is 5. The number of fused-ring (bicyclic) bond motifs is 1. The summed E-state index contributed by atoms with van der Waals surface area (Å²) in [5.74, 6) is 2.66. The lowest BCUT2D eigenvalue weighted by Crippen LogP contribution is -2.34. The summed E-state index contributed by atoms with van der Waals surface area (Å²) in [4.78, 5) is 7.23. The second-order valence-corrected chi connectivity index (χ2v) is 6.69. The van der Waals surface area contributed by atoms with E-state index < -0.39 is 0 Å². The first kappa shape index (κ1) is 16.3. The Labute approximate surface area is 147 Å². The highest BCUT2D eigenvalue weighted by Crippen LogP contribution is 2.29. The molecule has 1 aromatic carbocycles. The molecule has 1 aliphatic heterocycles. The molecule has 0 aliphatic carbocycles. The van der Waals surface area contributed by atoms with Crippen molar-refractivity contribution in [1.82, 2.24) is 24.6 Å². The number of benzene rings is 1. The average Bonchev–Trinajstić information content (AvgIpc) is 3.26. The van der Waals surface area contributed by atoms with E-state index in [1.807, 2.05) is 6.92 Å². The van der Waals surface area contributed by atoms with Gasteiger partial charge in [0, 0.05) is 32.0 Å². The van der Waals surface area contributed by atoms with Gasteiger partial charge in [-0.15, -0.1) is 10.2 Å². The van der Waals surface area contributed by atoms with Crippen molar-refractivity contribution in [3.8, 4) is 0 Å². The van der Waals surface area contributed by atoms with Crippen LogP contribution in [0.5, 0.6) is 0 Å². The van der Waals surface area contributed by atoms with Crippen molar-refractivity contribution in [2.75, 3.05) is 13.1 Å². The first-order chi connectivity index (χ1) is 12.3. The Morgan fingerprint density at radius 2 is 1.80 bits per heavy atom. The molecule has 2 aromatic heterocycles. The van der Waals surface area contributed by atoms with Gasteiger partial charge in [-0.1, -0.05) is 26.0 Å². The minimum atomic E-state index is 0.521. The van der Waals surface area contributed by atoms with Gasteiger partial charge in [0.05, 0.1) is 17.6 Å². The van der Waals surface area contributed by atoms with Crippen LogP contribution >= 0.6 is 0 Å². The number of aromatic nitrogens is 4. The van der Waals surface area contributed by atoms with Crippen LogP contribution in [0.3, 0.4) is 0 Å². The number of rotatable bonds is 5. The lowest BCUT2D eigenvalue weighted by molar-refractivity contribution is 0.165. The van der Waals surface area contributed by atoms with Crippen LogP contribution in [0.1, 0.15) is 50.3 Å². The Bertz CT molecular complexity index is 844. The highest BCUT2D eigenvalue weighted by molar-refractivity contribution is 5.76. The molecular formula is C19H25N5O. The molecule has 0 amide bonds.